The first-order valence-electron chi connectivity index (χ1n) is 14.1. The van der Waals surface area contributed by atoms with Crippen molar-refractivity contribution in [1.82, 2.24) is 34.7 Å². The van der Waals surface area contributed by atoms with Crippen LogP contribution >= 0.6 is 0 Å². The molecule has 0 bridgehead atoms. The Morgan fingerprint density at radius 3 is 1.95 bits per heavy atom. The molecule has 1 saturated heterocycles. The number of rotatable bonds is 9. The predicted molar refractivity (Wildman–Crippen MR) is 162 cm³/mol. The zero-order valence-electron chi connectivity index (χ0n) is 23.3. The van der Waals surface area contributed by atoms with Crippen LogP contribution in [0.2, 0.25) is 0 Å². The van der Waals surface area contributed by atoms with Gasteiger partial charge in [-0.05, 0) is 47.9 Å². The van der Waals surface area contributed by atoms with Crippen molar-refractivity contribution in [2.45, 2.75) is 26.4 Å². The minimum atomic E-state index is 0.571. The molecule has 6 rings (SSSR count). The van der Waals surface area contributed by atoms with Crippen molar-refractivity contribution in [3.8, 4) is 11.5 Å². The van der Waals surface area contributed by atoms with E-state index in [-0.39, 0.29) is 0 Å². The highest BCUT2D eigenvalue weighted by Gasteiger charge is 2.17. The number of anilines is 2. The Morgan fingerprint density at radius 2 is 1.24 bits per heavy atom. The SMILES string of the molecule is Cc1cccc(-c2nccc(Nc3ccnc(Cc4ccc(CN5CCN(Cc6ccccc6)CC5)cc4)n3)n2)n1. The second-order valence-electron chi connectivity index (χ2n) is 10.4. The molecule has 0 saturated carbocycles. The summed E-state index contributed by atoms with van der Waals surface area (Å²) in [6, 6.07) is 29.1. The lowest BCUT2D eigenvalue weighted by atomic mass is 10.1. The van der Waals surface area contributed by atoms with Crippen molar-refractivity contribution in [3.63, 3.8) is 0 Å². The lowest BCUT2D eigenvalue weighted by molar-refractivity contribution is 0.122. The van der Waals surface area contributed by atoms with Gasteiger partial charge in [-0.1, -0.05) is 60.7 Å². The molecule has 4 heterocycles. The summed E-state index contributed by atoms with van der Waals surface area (Å²) >= 11 is 0. The Kier molecular flexibility index (Phi) is 8.30. The van der Waals surface area contributed by atoms with E-state index in [9.17, 15) is 0 Å². The molecule has 0 radical (unpaired) electrons. The van der Waals surface area contributed by atoms with Crippen molar-refractivity contribution in [2.75, 3.05) is 31.5 Å². The van der Waals surface area contributed by atoms with E-state index in [4.69, 9.17) is 4.98 Å². The van der Waals surface area contributed by atoms with E-state index in [1.165, 1.54) is 16.7 Å². The number of aromatic nitrogens is 5. The zero-order valence-corrected chi connectivity index (χ0v) is 23.3. The van der Waals surface area contributed by atoms with Gasteiger partial charge in [-0.3, -0.25) is 9.80 Å². The number of hydrogen-bond donors (Lipinski definition) is 1. The van der Waals surface area contributed by atoms with Crippen molar-refractivity contribution in [2.24, 2.45) is 0 Å². The monoisotopic (exact) mass is 542 g/mol. The first-order chi connectivity index (χ1) is 20.2. The van der Waals surface area contributed by atoms with Gasteiger partial charge < -0.3 is 5.32 Å². The topological polar surface area (TPSA) is 83.0 Å². The molecule has 1 aliphatic rings. The quantitative estimate of drug-likeness (QED) is 0.269. The van der Waals surface area contributed by atoms with Crippen LogP contribution in [0.15, 0.2) is 97.3 Å². The van der Waals surface area contributed by atoms with Gasteiger partial charge in [0.25, 0.3) is 0 Å². The highest BCUT2D eigenvalue weighted by atomic mass is 15.3. The van der Waals surface area contributed by atoms with Crippen LogP contribution in [0.5, 0.6) is 0 Å². The summed E-state index contributed by atoms with van der Waals surface area (Å²) in [7, 11) is 0. The molecule has 41 heavy (non-hydrogen) atoms. The van der Waals surface area contributed by atoms with E-state index >= 15 is 0 Å². The second kappa shape index (κ2) is 12.8. The third kappa shape index (κ3) is 7.36. The molecule has 5 aromatic rings. The lowest BCUT2D eigenvalue weighted by Crippen LogP contribution is -2.45. The van der Waals surface area contributed by atoms with E-state index < -0.39 is 0 Å². The van der Waals surface area contributed by atoms with Gasteiger partial charge in [-0.25, -0.2) is 24.9 Å². The molecular formula is C33H34N8. The van der Waals surface area contributed by atoms with Gasteiger partial charge in [-0.15, -0.1) is 0 Å². The smallest absolute Gasteiger partial charge is 0.180 e. The maximum Gasteiger partial charge on any atom is 0.180 e. The summed E-state index contributed by atoms with van der Waals surface area (Å²) in [5.41, 5.74) is 5.58. The summed E-state index contributed by atoms with van der Waals surface area (Å²) in [4.78, 5) is 27.8. The van der Waals surface area contributed by atoms with Crippen molar-refractivity contribution >= 4 is 11.6 Å². The van der Waals surface area contributed by atoms with Crippen LogP contribution in [0, 0.1) is 6.92 Å². The number of aryl methyl sites for hydroxylation is 1. The molecule has 1 fully saturated rings. The molecule has 2 aromatic carbocycles. The van der Waals surface area contributed by atoms with Gasteiger partial charge in [0.15, 0.2) is 5.82 Å². The number of nitrogens with zero attached hydrogens (tertiary/aromatic N) is 7. The fourth-order valence-corrected chi connectivity index (χ4v) is 5.05. The van der Waals surface area contributed by atoms with Gasteiger partial charge in [0.1, 0.15) is 23.2 Å². The third-order valence-corrected chi connectivity index (χ3v) is 7.24. The number of piperazine rings is 1. The largest absolute Gasteiger partial charge is 0.325 e. The molecule has 8 heteroatoms. The maximum absolute atomic E-state index is 4.72. The van der Waals surface area contributed by atoms with Gasteiger partial charge in [0.2, 0.25) is 0 Å². The van der Waals surface area contributed by atoms with E-state index in [1.54, 1.807) is 12.4 Å². The predicted octanol–water partition coefficient (Wildman–Crippen LogP) is 5.29. The van der Waals surface area contributed by atoms with Crippen molar-refractivity contribution in [3.05, 3.63) is 126 Å². The average Bonchev–Trinajstić information content (AvgIpc) is 3.00. The Bertz CT molecular complexity index is 1560. The molecule has 8 nitrogen and oxygen atoms in total. The van der Waals surface area contributed by atoms with Gasteiger partial charge in [-0.2, -0.15) is 0 Å². The number of hydrogen-bond acceptors (Lipinski definition) is 8. The first-order valence-corrected chi connectivity index (χ1v) is 14.1. The molecule has 206 valence electrons. The molecule has 1 aliphatic heterocycles. The summed E-state index contributed by atoms with van der Waals surface area (Å²) < 4.78 is 0. The standard InChI is InChI=1S/C33H34N8/c1-25-6-5-9-29(36-25)33-35-17-15-31(39-33)37-30-14-16-34-32(38-30)22-26-10-12-28(13-11-26)24-41-20-18-40(19-21-41)23-27-7-3-2-4-8-27/h2-17H,18-24H2,1H3,(H,34,35,37,38,39). The number of nitrogens with one attached hydrogen (secondary N) is 1. The molecule has 1 N–H and O–H groups in total. The van der Waals surface area contributed by atoms with Crippen molar-refractivity contribution < 1.29 is 0 Å². The fourth-order valence-electron chi connectivity index (χ4n) is 5.05. The second-order valence-corrected chi connectivity index (χ2v) is 10.4. The van der Waals surface area contributed by atoms with Crippen LogP contribution in [0.25, 0.3) is 11.5 Å². The molecular weight excluding hydrogens is 508 g/mol. The first kappa shape index (κ1) is 26.7. The maximum atomic E-state index is 4.72. The van der Waals surface area contributed by atoms with Crippen LogP contribution in [0.3, 0.4) is 0 Å². The normalized spacial score (nSPS) is 14.2. The zero-order chi connectivity index (χ0) is 27.9. The Balaban J connectivity index is 1.02. The Hall–Kier alpha value is -4.53. The number of benzene rings is 2. The van der Waals surface area contributed by atoms with Crippen molar-refractivity contribution in [1.29, 1.82) is 0 Å². The Morgan fingerprint density at radius 1 is 0.610 bits per heavy atom. The van der Waals surface area contributed by atoms with E-state index in [2.05, 4.69) is 89.6 Å². The molecule has 3 aromatic heterocycles. The van der Waals surface area contributed by atoms with E-state index in [0.29, 0.717) is 23.9 Å². The summed E-state index contributed by atoms with van der Waals surface area (Å²) in [5.74, 6) is 2.68. The highest BCUT2D eigenvalue weighted by Crippen LogP contribution is 2.18. The minimum Gasteiger partial charge on any atom is -0.325 e. The molecule has 0 amide bonds. The molecule has 0 atom stereocenters. The summed E-state index contributed by atoms with van der Waals surface area (Å²) in [5, 5.41) is 3.29. The van der Waals surface area contributed by atoms with Gasteiger partial charge >= 0.3 is 0 Å². The van der Waals surface area contributed by atoms with E-state index in [1.807, 2.05) is 37.3 Å². The van der Waals surface area contributed by atoms with Gasteiger partial charge in [0, 0.05) is 63.8 Å². The fraction of sp³-hybridized carbons (Fsp3) is 0.242. The molecule has 0 spiro atoms. The number of pyridine rings is 1. The minimum absolute atomic E-state index is 0.571. The van der Waals surface area contributed by atoms with Crippen LogP contribution in [-0.4, -0.2) is 60.9 Å². The third-order valence-electron chi connectivity index (χ3n) is 7.24. The molecule has 0 aliphatic carbocycles. The van der Waals surface area contributed by atoms with Crippen LogP contribution in [0.1, 0.15) is 28.2 Å². The highest BCUT2D eigenvalue weighted by molar-refractivity contribution is 5.56. The summed E-state index contributed by atoms with van der Waals surface area (Å²) in [6.07, 6.45) is 4.17. The molecule has 0 unspecified atom stereocenters. The average molecular weight is 543 g/mol. The van der Waals surface area contributed by atoms with Crippen LogP contribution in [-0.2, 0) is 19.5 Å². The van der Waals surface area contributed by atoms with Gasteiger partial charge in [0.05, 0.1) is 0 Å². The van der Waals surface area contributed by atoms with Crippen LogP contribution in [0.4, 0.5) is 11.6 Å². The van der Waals surface area contributed by atoms with E-state index in [0.717, 1.165) is 56.5 Å². The summed E-state index contributed by atoms with van der Waals surface area (Å²) in [6.45, 7) is 8.37. The Labute approximate surface area is 241 Å². The lowest BCUT2D eigenvalue weighted by Gasteiger charge is -2.34. The van der Waals surface area contributed by atoms with Crippen LogP contribution < -0.4 is 5.32 Å².